The molecule has 3 N–H and O–H groups in total. The minimum atomic E-state index is -4.96. The third-order valence-corrected chi connectivity index (χ3v) is 20.8. The number of phosphoric ester groups is 2. The van der Waals surface area contributed by atoms with E-state index in [-0.39, 0.29) is 25.7 Å². The highest BCUT2D eigenvalue weighted by molar-refractivity contribution is 7.47. The Morgan fingerprint density at radius 2 is 0.404 bits per heavy atom. The zero-order chi connectivity index (χ0) is 72.5. The zero-order valence-electron chi connectivity index (χ0n) is 64.5. The molecule has 0 aliphatic rings. The van der Waals surface area contributed by atoms with Crippen molar-refractivity contribution in [3.8, 4) is 0 Å². The maximum absolute atomic E-state index is 13.1. The minimum Gasteiger partial charge on any atom is -0.462 e. The third-order valence-electron chi connectivity index (χ3n) is 18.9. The molecule has 19 heteroatoms. The number of phosphoric acid groups is 2. The van der Waals surface area contributed by atoms with Crippen molar-refractivity contribution in [1.29, 1.82) is 0 Å². The number of ether oxygens (including phenoxy) is 4. The van der Waals surface area contributed by atoms with Gasteiger partial charge >= 0.3 is 39.5 Å². The second kappa shape index (κ2) is 74.3. The van der Waals surface area contributed by atoms with Crippen molar-refractivity contribution in [1.82, 2.24) is 0 Å². The molecule has 0 aliphatic heterocycles. The van der Waals surface area contributed by atoms with Gasteiger partial charge in [-0.1, -0.05) is 381 Å². The van der Waals surface area contributed by atoms with E-state index in [0.717, 1.165) is 89.9 Å². The summed E-state index contributed by atoms with van der Waals surface area (Å²) in [7, 11) is -9.91. The Morgan fingerprint density at radius 3 is 0.596 bits per heavy atom. The van der Waals surface area contributed by atoms with E-state index < -0.39 is 97.5 Å². The van der Waals surface area contributed by atoms with Gasteiger partial charge in [0.05, 0.1) is 26.4 Å². The van der Waals surface area contributed by atoms with Gasteiger partial charge in [-0.3, -0.25) is 37.3 Å². The molecule has 0 aromatic heterocycles. The average Bonchev–Trinajstić information content (AvgIpc) is 1.75. The van der Waals surface area contributed by atoms with Crippen LogP contribution in [-0.2, 0) is 65.4 Å². The summed E-state index contributed by atoms with van der Waals surface area (Å²) < 4.78 is 68.7. The second-order valence-electron chi connectivity index (χ2n) is 28.8. The number of carbonyl (C=O) groups is 4. The molecule has 0 saturated heterocycles. The van der Waals surface area contributed by atoms with Crippen LogP contribution in [-0.4, -0.2) is 96.7 Å². The molecule has 17 nitrogen and oxygen atoms in total. The molecule has 2 unspecified atom stereocenters. The lowest BCUT2D eigenvalue weighted by molar-refractivity contribution is -0.161. The Labute approximate surface area is 607 Å². The van der Waals surface area contributed by atoms with E-state index in [1.54, 1.807) is 0 Å². The van der Waals surface area contributed by atoms with E-state index in [2.05, 4.69) is 27.7 Å². The van der Waals surface area contributed by atoms with Gasteiger partial charge < -0.3 is 33.8 Å². The highest BCUT2D eigenvalue weighted by Crippen LogP contribution is 2.45. The van der Waals surface area contributed by atoms with E-state index in [4.69, 9.17) is 37.0 Å². The van der Waals surface area contributed by atoms with Crippen LogP contribution in [0, 0.1) is 0 Å². The minimum absolute atomic E-state index is 0.109. The second-order valence-corrected chi connectivity index (χ2v) is 31.7. The number of unbranched alkanes of at least 4 members (excludes halogenated alkanes) is 55. The van der Waals surface area contributed by atoms with Crippen molar-refractivity contribution in [3.63, 3.8) is 0 Å². The largest absolute Gasteiger partial charge is 0.472 e. The summed E-state index contributed by atoms with van der Waals surface area (Å²) in [5.41, 5.74) is 0. The molecule has 0 spiro atoms. The van der Waals surface area contributed by atoms with Gasteiger partial charge in [0.2, 0.25) is 0 Å². The van der Waals surface area contributed by atoms with E-state index >= 15 is 0 Å². The number of carbonyl (C=O) groups excluding carboxylic acids is 4. The summed E-state index contributed by atoms with van der Waals surface area (Å²) in [5, 5.41) is 10.6. The van der Waals surface area contributed by atoms with Gasteiger partial charge in [-0.2, -0.15) is 0 Å². The van der Waals surface area contributed by atoms with Crippen molar-refractivity contribution in [2.45, 2.75) is 451 Å². The first-order valence-electron chi connectivity index (χ1n) is 41.8. The van der Waals surface area contributed by atoms with Crippen LogP contribution < -0.4 is 0 Å². The highest BCUT2D eigenvalue weighted by Gasteiger charge is 2.30. The fourth-order valence-corrected chi connectivity index (χ4v) is 14.0. The van der Waals surface area contributed by atoms with Gasteiger partial charge in [0.15, 0.2) is 12.2 Å². The number of rotatable bonds is 81. The SMILES string of the molecule is CCCCCCCCCCCCCCCCCCCCCCCC(=O)O[C@H](COC(=O)CCCCCCCCCCCCCCC)COP(=O)(O)OC[C@@H](O)COP(=O)(O)OC[C@@H](COC(=O)CCCCCCCCCCCCCC)OC(=O)CCCCCCCCCCCCCCC. The summed E-state index contributed by atoms with van der Waals surface area (Å²) in [6, 6.07) is 0. The van der Waals surface area contributed by atoms with Gasteiger partial charge in [0, 0.05) is 25.7 Å². The number of hydrogen-bond donors (Lipinski definition) is 3. The number of aliphatic hydroxyl groups excluding tert-OH is 1. The van der Waals surface area contributed by atoms with Gasteiger partial charge in [0.25, 0.3) is 0 Å². The maximum atomic E-state index is 13.1. The van der Waals surface area contributed by atoms with Gasteiger partial charge in [-0.25, -0.2) is 9.13 Å². The van der Waals surface area contributed by atoms with Crippen molar-refractivity contribution in [2.75, 3.05) is 39.6 Å². The fraction of sp³-hybridized carbons (Fsp3) is 0.950. The lowest BCUT2D eigenvalue weighted by atomic mass is 10.0. The zero-order valence-corrected chi connectivity index (χ0v) is 66.3. The van der Waals surface area contributed by atoms with Gasteiger partial charge in [-0.05, 0) is 25.7 Å². The number of esters is 4. The standard InChI is InChI=1S/C80H156O17P2/c1-5-9-13-17-21-25-29-33-34-35-36-37-38-39-40-43-47-51-55-59-63-67-80(85)97-76(71-91-78(83)65-61-57-53-49-45-41-30-26-22-18-14-10-6-2)73-95-99(88,89)93-69-74(81)68-92-98(86,87)94-72-75(70-90-77(82)64-60-56-52-48-44-32-28-24-20-16-12-8-4)96-79(84)66-62-58-54-50-46-42-31-27-23-19-15-11-7-3/h74-76,81H,5-73H2,1-4H3,(H,86,87)(H,88,89)/t74-,75+,76+/m0/s1. The topological polar surface area (TPSA) is 237 Å². The molecule has 0 aromatic carbocycles. The normalized spacial score (nSPS) is 13.8. The van der Waals surface area contributed by atoms with Crippen LogP contribution in [0.1, 0.15) is 432 Å². The van der Waals surface area contributed by atoms with Crippen molar-refractivity contribution in [3.05, 3.63) is 0 Å². The van der Waals surface area contributed by atoms with E-state index in [9.17, 15) is 43.2 Å². The smallest absolute Gasteiger partial charge is 0.462 e. The van der Waals surface area contributed by atoms with Crippen LogP contribution in [0.2, 0.25) is 0 Å². The van der Waals surface area contributed by atoms with Gasteiger partial charge in [-0.15, -0.1) is 0 Å². The fourth-order valence-electron chi connectivity index (χ4n) is 12.5. The Kier molecular flexibility index (Phi) is 72.9. The predicted octanol–water partition coefficient (Wildman–Crippen LogP) is 24.2. The van der Waals surface area contributed by atoms with E-state index in [0.29, 0.717) is 25.7 Å². The molecule has 0 saturated carbocycles. The molecule has 0 heterocycles. The summed E-state index contributed by atoms with van der Waals surface area (Å²) in [4.78, 5) is 73.0. The van der Waals surface area contributed by atoms with Crippen molar-refractivity contribution < 1.29 is 80.2 Å². The Hall–Kier alpha value is -1.94. The number of hydrogen-bond acceptors (Lipinski definition) is 15. The Bertz CT molecular complexity index is 1880. The first kappa shape index (κ1) is 97.1. The summed E-state index contributed by atoms with van der Waals surface area (Å²) in [5.74, 6) is -2.10. The molecule has 0 radical (unpaired) electrons. The van der Waals surface area contributed by atoms with E-state index in [1.807, 2.05) is 0 Å². The lowest BCUT2D eigenvalue weighted by Crippen LogP contribution is -2.30. The quantitative estimate of drug-likeness (QED) is 0.0222. The Balaban J connectivity index is 5.21. The molecular weight excluding hydrogens is 1290 g/mol. The average molecular weight is 1450 g/mol. The van der Waals surface area contributed by atoms with Crippen LogP contribution in [0.15, 0.2) is 0 Å². The molecule has 0 aliphatic carbocycles. The number of aliphatic hydroxyl groups is 1. The van der Waals surface area contributed by atoms with E-state index in [1.165, 1.54) is 263 Å². The summed E-state index contributed by atoms with van der Waals surface area (Å²) in [6.45, 7) is 5.02. The third kappa shape index (κ3) is 74.1. The van der Waals surface area contributed by atoms with Crippen LogP contribution in [0.4, 0.5) is 0 Å². The molecular formula is C80H156O17P2. The van der Waals surface area contributed by atoms with Crippen molar-refractivity contribution >= 4 is 39.5 Å². The molecule has 5 atom stereocenters. The summed E-state index contributed by atoms with van der Waals surface area (Å²) >= 11 is 0. The maximum Gasteiger partial charge on any atom is 0.472 e. The first-order chi connectivity index (χ1) is 48.2. The van der Waals surface area contributed by atoms with Crippen LogP contribution >= 0.6 is 15.6 Å². The predicted molar refractivity (Wildman–Crippen MR) is 405 cm³/mol. The van der Waals surface area contributed by atoms with Crippen LogP contribution in [0.25, 0.3) is 0 Å². The molecule has 0 amide bonds. The highest BCUT2D eigenvalue weighted by atomic mass is 31.2. The molecule has 99 heavy (non-hydrogen) atoms. The molecule has 0 rings (SSSR count). The van der Waals surface area contributed by atoms with Crippen LogP contribution in [0.3, 0.4) is 0 Å². The molecule has 588 valence electrons. The van der Waals surface area contributed by atoms with Crippen LogP contribution in [0.5, 0.6) is 0 Å². The molecule has 0 aromatic rings. The first-order valence-corrected chi connectivity index (χ1v) is 44.8. The van der Waals surface area contributed by atoms with Crippen molar-refractivity contribution in [2.24, 2.45) is 0 Å². The lowest BCUT2D eigenvalue weighted by Gasteiger charge is -2.21. The molecule has 0 fully saturated rings. The summed E-state index contributed by atoms with van der Waals surface area (Å²) in [6.07, 6.45) is 66.5. The molecule has 0 bridgehead atoms. The monoisotopic (exact) mass is 1450 g/mol. The Morgan fingerprint density at radius 1 is 0.242 bits per heavy atom. The van der Waals surface area contributed by atoms with Gasteiger partial charge in [0.1, 0.15) is 19.3 Å².